The third-order valence-corrected chi connectivity index (χ3v) is 6.14. The molecule has 158 valence electrons. The van der Waals surface area contributed by atoms with Crippen LogP contribution in [0.3, 0.4) is 0 Å². The molecule has 1 aliphatic rings. The predicted molar refractivity (Wildman–Crippen MR) is 124 cm³/mol. The lowest BCUT2D eigenvalue weighted by molar-refractivity contribution is -0.126. The van der Waals surface area contributed by atoms with Gasteiger partial charge in [0.2, 0.25) is 5.91 Å². The molecule has 0 saturated heterocycles. The maximum Gasteiger partial charge on any atom is 0.259 e. The highest BCUT2D eigenvalue weighted by atomic mass is 16.2. The van der Waals surface area contributed by atoms with Crippen LogP contribution in [0, 0.1) is 6.92 Å². The fourth-order valence-corrected chi connectivity index (χ4v) is 4.22. The highest BCUT2D eigenvalue weighted by Gasteiger charge is 2.47. The van der Waals surface area contributed by atoms with Gasteiger partial charge in [-0.25, -0.2) is 0 Å². The zero-order valence-electron chi connectivity index (χ0n) is 18.3. The lowest BCUT2D eigenvalue weighted by atomic mass is 9.82. The standard InChI is InChI=1S/C27H28N2O2/c1-4-20-13-15-23(16-14-20)29-25(30)24-8-6-5-7-22(24)17-27(29,3)26(31)28-18-21-11-9-19(2)10-12-21/h5-16H,4,17-18H2,1-3H3,(H,28,31)/t27-/m0/s1. The number of hydrogen-bond donors (Lipinski definition) is 1. The summed E-state index contributed by atoms with van der Waals surface area (Å²) >= 11 is 0. The van der Waals surface area contributed by atoms with Crippen molar-refractivity contribution in [2.24, 2.45) is 0 Å². The van der Waals surface area contributed by atoms with E-state index in [2.05, 4.69) is 12.2 Å². The van der Waals surface area contributed by atoms with Gasteiger partial charge in [-0.3, -0.25) is 14.5 Å². The Morgan fingerprint density at radius 1 is 0.968 bits per heavy atom. The van der Waals surface area contributed by atoms with Crippen molar-refractivity contribution in [1.29, 1.82) is 0 Å². The molecule has 3 aromatic rings. The van der Waals surface area contributed by atoms with Gasteiger partial charge < -0.3 is 5.32 Å². The van der Waals surface area contributed by atoms with Gasteiger partial charge in [-0.1, -0.05) is 67.1 Å². The lowest BCUT2D eigenvalue weighted by Crippen LogP contribution is -2.63. The van der Waals surface area contributed by atoms with E-state index in [4.69, 9.17) is 0 Å². The minimum atomic E-state index is -1.02. The van der Waals surface area contributed by atoms with Crippen molar-refractivity contribution in [3.05, 3.63) is 101 Å². The molecule has 0 bridgehead atoms. The molecule has 0 unspecified atom stereocenters. The average molecular weight is 413 g/mol. The molecule has 1 aliphatic heterocycles. The fourth-order valence-electron chi connectivity index (χ4n) is 4.22. The number of nitrogens with one attached hydrogen (secondary N) is 1. The first-order valence-corrected chi connectivity index (χ1v) is 10.8. The van der Waals surface area contributed by atoms with Crippen LogP contribution in [0.5, 0.6) is 0 Å². The SMILES string of the molecule is CCc1ccc(N2C(=O)c3ccccc3C[C@@]2(C)C(=O)NCc2ccc(C)cc2)cc1. The second kappa shape index (κ2) is 8.38. The molecular formula is C27H28N2O2. The molecule has 1 atom stereocenters. The Morgan fingerprint density at radius 2 is 1.61 bits per heavy atom. The Bertz CT molecular complexity index is 1100. The topological polar surface area (TPSA) is 49.4 Å². The van der Waals surface area contributed by atoms with Gasteiger partial charge in [0.15, 0.2) is 0 Å². The number of amides is 2. The van der Waals surface area contributed by atoms with E-state index in [9.17, 15) is 9.59 Å². The van der Waals surface area contributed by atoms with Crippen molar-refractivity contribution in [3.63, 3.8) is 0 Å². The fraction of sp³-hybridized carbons (Fsp3) is 0.259. The van der Waals surface area contributed by atoms with E-state index >= 15 is 0 Å². The number of fused-ring (bicyclic) bond motifs is 1. The zero-order chi connectivity index (χ0) is 22.0. The first kappa shape index (κ1) is 20.9. The predicted octanol–water partition coefficient (Wildman–Crippen LogP) is 4.84. The number of aryl methyl sites for hydroxylation is 2. The van der Waals surface area contributed by atoms with Crippen molar-refractivity contribution in [2.75, 3.05) is 4.90 Å². The summed E-state index contributed by atoms with van der Waals surface area (Å²) in [6.45, 7) is 6.42. The second-order valence-corrected chi connectivity index (χ2v) is 8.44. The minimum absolute atomic E-state index is 0.140. The number of benzene rings is 3. The van der Waals surface area contributed by atoms with Gasteiger partial charge in [0.25, 0.3) is 5.91 Å². The van der Waals surface area contributed by atoms with Crippen molar-refractivity contribution in [3.8, 4) is 0 Å². The maximum absolute atomic E-state index is 13.5. The number of carbonyl (C=O) groups is 2. The number of anilines is 1. The number of nitrogens with zero attached hydrogens (tertiary/aromatic N) is 1. The molecule has 0 aliphatic carbocycles. The van der Waals surface area contributed by atoms with Crippen molar-refractivity contribution >= 4 is 17.5 Å². The molecule has 0 aromatic heterocycles. The Morgan fingerprint density at radius 3 is 2.29 bits per heavy atom. The van der Waals surface area contributed by atoms with Crippen LogP contribution < -0.4 is 10.2 Å². The van der Waals surface area contributed by atoms with Crippen LogP contribution in [0.25, 0.3) is 0 Å². The van der Waals surface area contributed by atoms with Gasteiger partial charge in [0.05, 0.1) is 0 Å². The molecule has 31 heavy (non-hydrogen) atoms. The summed E-state index contributed by atoms with van der Waals surface area (Å²) in [6.07, 6.45) is 1.38. The van der Waals surface area contributed by atoms with Gasteiger partial charge in [-0.05, 0) is 55.2 Å². The number of carbonyl (C=O) groups excluding carboxylic acids is 2. The average Bonchev–Trinajstić information content (AvgIpc) is 2.79. The van der Waals surface area contributed by atoms with Crippen molar-refractivity contribution in [2.45, 2.75) is 45.7 Å². The molecule has 0 fully saturated rings. The first-order valence-electron chi connectivity index (χ1n) is 10.8. The highest BCUT2D eigenvalue weighted by molar-refractivity contribution is 6.14. The molecule has 4 heteroatoms. The Balaban J connectivity index is 1.69. The molecule has 0 radical (unpaired) electrons. The van der Waals surface area contributed by atoms with E-state index in [1.54, 1.807) is 4.90 Å². The van der Waals surface area contributed by atoms with E-state index in [1.165, 1.54) is 11.1 Å². The summed E-state index contributed by atoms with van der Waals surface area (Å²) in [4.78, 5) is 28.7. The van der Waals surface area contributed by atoms with Crippen molar-refractivity contribution in [1.82, 2.24) is 5.32 Å². The molecule has 4 rings (SSSR count). The Labute approximate surface area is 183 Å². The van der Waals surface area contributed by atoms with Gasteiger partial charge in [-0.2, -0.15) is 0 Å². The maximum atomic E-state index is 13.5. The summed E-state index contributed by atoms with van der Waals surface area (Å²) in [5, 5.41) is 3.07. The quantitative estimate of drug-likeness (QED) is 0.652. The number of hydrogen-bond acceptors (Lipinski definition) is 2. The Kier molecular flexibility index (Phi) is 5.64. The summed E-state index contributed by atoms with van der Waals surface area (Å²) in [5.74, 6) is -0.297. The molecular weight excluding hydrogens is 384 g/mol. The van der Waals surface area contributed by atoms with E-state index in [1.807, 2.05) is 86.6 Å². The minimum Gasteiger partial charge on any atom is -0.350 e. The summed E-state index contributed by atoms with van der Waals surface area (Å²) in [7, 11) is 0. The van der Waals surface area contributed by atoms with Crippen LogP contribution in [-0.4, -0.2) is 17.4 Å². The van der Waals surface area contributed by atoms with Gasteiger partial charge in [0, 0.05) is 24.2 Å². The van der Waals surface area contributed by atoms with E-state index < -0.39 is 5.54 Å². The van der Waals surface area contributed by atoms with E-state index in [-0.39, 0.29) is 11.8 Å². The van der Waals surface area contributed by atoms with Gasteiger partial charge in [0.1, 0.15) is 5.54 Å². The van der Waals surface area contributed by atoms with Crippen LogP contribution in [0.15, 0.2) is 72.8 Å². The monoisotopic (exact) mass is 412 g/mol. The molecule has 0 saturated carbocycles. The molecule has 3 aromatic carbocycles. The normalized spacial score (nSPS) is 17.9. The first-order chi connectivity index (χ1) is 14.9. The van der Waals surface area contributed by atoms with Crippen LogP contribution in [-0.2, 0) is 24.2 Å². The largest absolute Gasteiger partial charge is 0.350 e. The third-order valence-electron chi connectivity index (χ3n) is 6.14. The van der Waals surface area contributed by atoms with Crippen LogP contribution >= 0.6 is 0 Å². The van der Waals surface area contributed by atoms with Crippen LogP contribution in [0.4, 0.5) is 5.69 Å². The second-order valence-electron chi connectivity index (χ2n) is 8.44. The summed E-state index contributed by atoms with van der Waals surface area (Å²) in [5.41, 5.74) is 4.68. The number of rotatable bonds is 5. The molecule has 2 amide bonds. The Hall–Kier alpha value is -3.40. The molecule has 1 N–H and O–H groups in total. The summed E-state index contributed by atoms with van der Waals surface area (Å²) < 4.78 is 0. The van der Waals surface area contributed by atoms with E-state index in [0.29, 0.717) is 18.5 Å². The summed E-state index contributed by atoms with van der Waals surface area (Å²) in [6, 6.07) is 23.6. The molecule has 0 spiro atoms. The lowest BCUT2D eigenvalue weighted by Gasteiger charge is -2.44. The van der Waals surface area contributed by atoms with Crippen molar-refractivity contribution < 1.29 is 9.59 Å². The zero-order valence-corrected chi connectivity index (χ0v) is 18.3. The van der Waals surface area contributed by atoms with E-state index in [0.717, 1.165) is 23.2 Å². The molecule has 4 nitrogen and oxygen atoms in total. The van der Waals surface area contributed by atoms with Gasteiger partial charge >= 0.3 is 0 Å². The van der Waals surface area contributed by atoms with Crippen LogP contribution in [0.2, 0.25) is 0 Å². The van der Waals surface area contributed by atoms with Gasteiger partial charge in [-0.15, -0.1) is 0 Å². The van der Waals surface area contributed by atoms with Crippen LogP contribution in [0.1, 0.15) is 46.5 Å². The molecule has 1 heterocycles. The smallest absolute Gasteiger partial charge is 0.259 e. The highest BCUT2D eigenvalue weighted by Crippen LogP contribution is 2.35. The third kappa shape index (κ3) is 3.98.